The molecule has 6 rings (SSSR count). The van der Waals surface area contributed by atoms with E-state index < -0.39 is 0 Å². The summed E-state index contributed by atoms with van der Waals surface area (Å²) in [5.74, 6) is 0.567. The van der Waals surface area contributed by atoms with Crippen molar-refractivity contribution >= 4 is 43.7 Å². The quantitative estimate of drug-likeness (QED) is 0.285. The molecule has 0 unspecified atom stereocenters. The average Bonchev–Trinajstić information content (AvgIpc) is 3.15. The van der Waals surface area contributed by atoms with Crippen molar-refractivity contribution in [3.63, 3.8) is 0 Å². The molecule has 3 aromatic heterocycles. The van der Waals surface area contributed by atoms with E-state index in [2.05, 4.69) is 73.4 Å². The Balaban J connectivity index is 1.68. The van der Waals surface area contributed by atoms with E-state index in [9.17, 15) is 0 Å². The summed E-state index contributed by atoms with van der Waals surface area (Å²) >= 11 is 0. The molecular formula is C28H23N3O. The number of fused-ring (bicyclic) bond motifs is 6. The number of pyridine rings is 1. The minimum atomic E-state index is 0.567. The van der Waals surface area contributed by atoms with Gasteiger partial charge in [-0.3, -0.25) is 0 Å². The Hall–Kier alpha value is -3.79. The van der Waals surface area contributed by atoms with Gasteiger partial charge in [0.25, 0.3) is 0 Å². The fourth-order valence-electron chi connectivity index (χ4n) is 4.76. The van der Waals surface area contributed by atoms with E-state index in [1.807, 2.05) is 13.0 Å². The van der Waals surface area contributed by atoms with Gasteiger partial charge in [0.15, 0.2) is 0 Å². The molecule has 3 heterocycles. The molecule has 0 atom stereocenters. The molecule has 32 heavy (non-hydrogen) atoms. The molecule has 0 saturated heterocycles. The molecule has 156 valence electrons. The van der Waals surface area contributed by atoms with Crippen LogP contribution in [0, 0.1) is 12.8 Å². The minimum absolute atomic E-state index is 0.567. The van der Waals surface area contributed by atoms with Crippen LogP contribution in [0.5, 0.6) is 0 Å². The third-order valence-corrected chi connectivity index (χ3v) is 6.12. The van der Waals surface area contributed by atoms with Crippen LogP contribution in [-0.4, -0.2) is 15.0 Å². The average molecular weight is 418 g/mol. The van der Waals surface area contributed by atoms with E-state index in [-0.39, 0.29) is 0 Å². The fraction of sp³-hybridized carbons (Fsp3) is 0.179. The fourth-order valence-corrected chi connectivity index (χ4v) is 4.76. The Morgan fingerprint density at radius 2 is 1.69 bits per heavy atom. The van der Waals surface area contributed by atoms with Crippen molar-refractivity contribution in [3.8, 4) is 11.3 Å². The predicted molar refractivity (Wildman–Crippen MR) is 131 cm³/mol. The van der Waals surface area contributed by atoms with Crippen LogP contribution >= 0.6 is 0 Å². The lowest BCUT2D eigenvalue weighted by Crippen LogP contribution is -1.97. The van der Waals surface area contributed by atoms with E-state index >= 15 is 0 Å². The van der Waals surface area contributed by atoms with E-state index in [0.29, 0.717) is 11.6 Å². The molecule has 3 aromatic carbocycles. The second-order valence-corrected chi connectivity index (χ2v) is 8.89. The third kappa shape index (κ3) is 2.87. The highest BCUT2D eigenvalue weighted by atomic mass is 16.3. The number of aromatic nitrogens is 3. The minimum Gasteiger partial charge on any atom is -0.437 e. The lowest BCUT2D eigenvalue weighted by atomic mass is 9.94. The van der Waals surface area contributed by atoms with E-state index in [0.717, 1.165) is 50.6 Å². The van der Waals surface area contributed by atoms with Crippen LogP contribution in [0.4, 0.5) is 0 Å². The van der Waals surface area contributed by atoms with E-state index in [4.69, 9.17) is 14.4 Å². The summed E-state index contributed by atoms with van der Waals surface area (Å²) in [6, 6.07) is 21.2. The van der Waals surface area contributed by atoms with Gasteiger partial charge in [0, 0.05) is 32.8 Å². The normalized spacial score (nSPS) is 12.0. The maximum absolute atomic E-state index is 6.26. The van der Waals surface area contributed by atoms with Crippen LogP contribution in [0.25, 0.3) is 55.0 Å². The van der Waals surface area contributed by atoms with Crippen LogP contribution in [0.1, 0.15) is 25.1 Å². The van der Waals surface area contributed by atoms with Crippen LogP contribution in [0.2, 0.25) is 0 Å². The Kier molecular flexibility index (Phi) is 4.22. The van der Waals surface area contributed by atoms with Crippen molar-refractivity contribution in [3.05, 3.63) is 78.2 Å². The molecule has 0 radical (unpaired) electrons. The summed E-state index contributed by atoms with van der Waals surface area (Å²) in [6.07, 6.45) is 2.69. The Labute approximate surface area is 185 Å². The summed E-state index contributed by atoms with van der Waals surface area (Å²) < 4.78 is 6.26. The first-order valence-electron chi connectivity index (χ1n) is 11.0. The molecule has 0 amide bonds. The molecule has 4 nitrogen and oxygen atoms in total. The third-order valence-electron chi connectivity index (χ3n) is 6.12. The largest absolute Gasteiger partial charge is 0.437 e. The Bertz CT molecular complexity index is 1650. The van der Waals surface area contributed by atoms with Crippen LogP contribution in [0.3, 0.4) is 0 Å². The van der Waals surface area contributed by atoms with Gasteiger partial charge in [0.1, 0.15) is 11.9 Å². The first-order valence-corrected chi connectivity index (χ1v) is 11.0. The van der Waals surface area contributed by atoms with Crippen molar-refractivity contribution in [2.24, 2.45) is 5.92 Å². The van der Waals surface area contributed by atoms with Crippen molar-refractivity contribution < 1.29 is 4.42 Å². The van der Waals surface area contributed by atoms with Gasteiger partial charge in [-0.05, 0) is 54.5 Å². The van der Waals surface area contributed by atoms with Gasteiger partial charge in [0.2, 0.25) is 5.71 Å². The summed E-state index contributed by atoms with van der Waals surface area (Å²) in [4.78, 5) is 14.1. The molecule has 0 aliphatic heterocycles. The first kappa shape index (κ1) is 18.9. The molecule has 6 aromatic rings. The van der Waals surface area contributed by atoms with Crippen molar-refractivity contribution in [2.45, 2.75) is 27.2 Å². The van der Waals surface area contributed by atoms with Crippen LogP contribution in [0.15, 0.2) is 71.4 Å². The van der Waals surface area contributed by atoms with Gasteiger partial charge in [-0.2, -0.15) is 0 Å². The standard InChI is InChI=1S/C28H23N3O/c1-16(2)14-19-7-4-6-18-11-13-22-25(29-15-30-26(22)24(18)19)23-9-5-8-20-21-12-10-17(3)31-28(21)32-27(20)23/h4-13,15-16H,14H2,1-3H3. The highest BCUT2D eigenvalue weighted by Crippen LogP contribution is 2.38. The molecule has 0 aliphatic rings. The summed E-state index contributed by atoms with van der Waals surface area (Å²) in [6.45, 7) is 6.48. The molecule has 0 spiro atoms. The Morgan fingerprint density at radius 1 is 0.844 bits per heavy atom. The number of furan rings is 1. The molecule has 0 saturated carbocycles. The summed E-state index contributed by atoms with van der Waals surface area (Å²) in [7, 11) is 0. The summed E-state index contributed by atoms with van der Waals surface area (Å²) in [5.41, 5.74) is 6.59. The van der Waals surface area contributed by atoms with Crippen molar-refractivity contribution in [1.82, 2.24) is 15.0 Å². The van der Waals surface area contributed by atoms with Crippen molar-refractivity contribution in [2.75, 3.05) is 0 Å². The SMILES string of the molecule is Cc1ccc2c(n1)oc1c(-c3ncnc4c3ccc3cccc(CC(C)C)c34)cccc12. The van der Waals surface area contributed by atoms with Crippen LogP contribution < -0.4 is 0 Å². The Morgan fingerprint density at radius 3 is 2.56 bits per heavy atom. The smallest absolute Gasteiger partial charge is 0.227 e. The van der Waals surface area contributed by atoms with Crippen LogP contribution in [-0.2, 0) is 6.42 Å². The monoisotopic (exact) mass is 417 g/mol. The van der Waals surface area contributed by atoms with Gasteiger partial charge >= 0.3 is 0 Å². The molecule has 4 heteroatoms. The van der Waals surface area contributed by atoms with E-state index in [1.165, 1.54) is 16.3 Å². The van der Waals surface area contributed by atoms with Gasteiger partial charge in [-0.25, -0.2) is 15.0 Å². The highest BCUT2D eigenvalue weighted by molar-refractivity contribution is 6.14. The zero-order valence-corrected chi connectivity index (χ0v) is 18.4. The molecule has 0 aliphatic carbocycles. The second kappa shape index (κ2) is 7.13. The zero-order chi connectivity index (χ0) is 21.8. The lowest BCUT2D eigenvalue weighted by Gasteiger charge is -2.13. The van der Waals surface area contributed by atoms with Gasteiger partial charge in [-0.1, -0.05) is 50.2 Å². The van der Waals surface area contributed by atoms with Gasteiger partial charge < -0.3 is 4.42 Å². The van der Waals surface area contributed by atoms with E-state index in [1.54, 1.807) is 6.33 Å². The highest BCUT2D eigenvalue weighted by Gasteiger charge is 2.17. The number of hydrogen-bond donors (Lipinski definition) is 0. The molecular weight excluding hydrogens is 394 g/mol. The lowest BCUT2D eigenvalue weighted by molar-refractivity contribution is 0.650. The molecule has 0 bridgehead atoms. The van der Waals surface area contributed by atoms with Gasteiger partial charge in [0.05, 0.1) is 11.2 Å². The number of para-hydroxylation sites is 1. The number of rotatable bonds is 3. The topological polar surface area (TPSA) is 51.8 Å². The number of aryl methyl sites for hydroxylation is 1. The number of hydrogen-bond acceptors (Lipinski definition) is 4. The van der Waals surface area contributed by atoms with Gasteiger partial charge in [-0.15, -0.1) is 0 Å². The maximum Gasteiger partial charge on any atom is 0.227 e. The number of benzene rings is 3. The number of nitrogens with zero attached hydrogens (tertiary/aromatic N) is 3. The zero-order valence-electron chi connectivity index (χ0n) is 18.4. The van der Waals surface area contributed by atoms with Crippen molar-refractivity contribution in [1.29, 1.82) is 0 Å². The molecule has 0 N–H and O–H groups in total. The maximum atomic E-state index is 6.26. The molecule has 0 fully saturated rings. The second-order valence-electron chi connectivity index (χ2n) is 8.89. The summed E-state index contributed by atoms with van der Waals surface area (Å²) in [5, 5.41) is 5.54. The first-order chi connectivity index (χ1) is 15.6. The predicted octanol–water partition coefficient (Wildman–Crippen LogP) is 7.25.